The van der Waals surface area contributed by atoms with Crippen molar-refractivity contribution < 1.29 is 4.79 Å². The Hall–Kier alpha value is -0.530. The van der Waals surface area contributed by atoms with Gasteiger partial charge in [-0.3, -0.25) is 4.79 Å². The van der Waals surface area contributed by atoms with Gasteiger partial charge in [0.05, 0.1) is 0 Å². The molecule has 1 rings (SSSR count). The number of hydrogen-bond donors (Lipinski definition) is 1. The predicted molar refractivity (Wildman–Crippen MR) is 40.7 cm³/mol. The Labute approximate surface area is 62.0 Å². The number of carbonyl (C=O) groups excluding carboxylic acids is 1. The molecular formula is C8H15NO. The first-order valence-corrected chi connectivity index (χ1v) is 4.12. The van der Waals surface area contributed by atoms with Crippen LogP contribution in [0.1, 0.15) is 39.0 Å². The minimum absolute atomic E-state index is 0.240. The Balaban J connectivity index is 1.97. The molecule has 0 unspecified atom stereocenters. The van der Waals surface area contributed by atoms with Crippen LogP contribution in [-0.2, 0) is 4.79 Å². The average Bonchev–Trinajstić information content (AvgIpc) is 2.67. The number of nitrogens with one attached hydrogen (secondary N) is 1. The minimum atomic E-state index is 0.240. The second-order valence-corrected chi connectivity index (χ2v) is 2.95. The van der Waals surface area contributed by atoms with E-state index < -0.39 is 0 Å². The van der Waals surface area contributed by atoms with E-state index in [1.54, 1.807) is 0 Å². The minimum Gasteiger partial charge on any atom is -0.353 e. The molecule has 0 saturated heterocycles. The fourth-order valence-corrected chi connectivity index (χ4v) is 0.865. The fraction of sp³-hybridized carbons (Fsp3) is 0.875. The van der Waals surface area contributed by atoms with E-state index in [4.69, 9.17) is 0 Å². The Morgan fingerprint density at radius 2 is 2.30 bits per heavy atom. The molecule has 10 heavy (non-hydrogen) atoms. The largest absolute Gasteiger partial charge is 0.353 e. The summed E-state index contributed by atoms with van der Waals surface area (Å²) >= 11 is 0. The smallest absolute Gasteiger partial charge is 0.220 e. The van der Waals surface area contributed by atoms with Crippen molar-refractivity contribution in [1.82, 2.24) is 5.32 Å². The third-order valence-corrected chi connectivity index (χ3v) is 1.70. The van der Waals surface area contributed by atoms with E-state index in [2.05, 4.69) is 12.2 Å². The number of amides is 1. The van der Waals surface area contributed by atoms with Crippen LogP contribution in [0.25, 0.3) is 0 Å². The Kier molecular flexibility index (Phi) is 2.72. The maximum Gasteiger partial charge on any atom is 0.220 e. The molecule has 1 fully saturated rings. The van der Waals surface area contributed by atoms with Gasteiger partial charge in [-0.1, -0.05) is 13.3 Å². The molecule has 0 aromatic carbocycles. The Bertz CT molecular complexity index is 118. The summed E-state index contributed by atoms with van der Waals surface area (Å²) in [5, 5.41) is 2.95. The van der Waals surface area contributed by atoms with Crippen molar-refractivity contribution in [2.24, 2.45) is 0 Å². The molecule has 0 heterocycles. The zero-order valence-corrected chi connectivity index (χ0v) is 6.52. The highest BCUT2D eigenvalue weighted by molar-refractivity contribution is 5.76. The zero-order valence-electron chi connectivity index (χ0n) is 6.52. The van der Waals surface area contributed by atoms with Crippen LogP contribution in [0, 0.1) is 0 Å². The van der Waals surface area contributed by atoms with Crippen molar-refractivity contribution in [2.75, 3.05) is 0 Å². The Morgan fingerprint density at radius 1 is 1.60 bits per heavy atom. The first-order chi connectivity index (χ1) is 4.83. The van der Waals surface area contributed by atoms with Gasteiger partial charge in [0.25, 0.3) is 0 Å². The first-order valence-electron chi connectivity index (χ1n) is 4.12. The lowest BCUT2D eigenvalue weighted by Crippen LogP contribution is -2.24. The van der Waals surface area contributed by atoms with Gasteiger partial charge in [-0.25, -0.2) is 0 Å². The quantitative estimate of drug-likeness (QED) is 0.631. The second kappa shape index (κ2) is 3.59. The molecule has 0 aromatic heterocycles. The second-order valence-electron chi connectivity index (χ2n) is 2.95. The third-order valence-electron chi connectivity index (χ3n) is 1.70. The van der Waals surface area contributed by atoms with Crippen LogP contribution in [-0.4, -0.2) is 11.9 Å². The van der Waals surface area contributed by atoms with Crippen molar-refractivity contribution in [1.29, 1.82) is 0 Å². The normalized spacial score (nSPS) is 16.9. The topological polar surface area (TPSA) is 29.1 Å². The monoisotopic (exact) mass is 141 g/mol. The highest BCUT2D eigenvalue weighted by atomic mass is 16.1. The van der Waals surface area contributed by atoms with E-state index >= 15 is 0 Å². The van der Waals surface area contributed by atoms with Gasteiger partial charge in [-0.2, -0.15) is 0 Å². The van der Waals surface area contributed by atoms with Crippen molar-refractivity contribution in [3.05, 3.63) is 0 Å². The van der Waals surface area contributed by atoms with Crippen molar-refractivity contribution in [3.8, 4) is 0 Å². The van der Waals surface area contributed by atoms with Crippen LogP contribution in [0.3, 0.4) is 0 Å². The fourth-order valence-electron chi connectivity index (χ4n) is 0.865. The number of rotatable bonds is 4. The van der Waals surface area contributed by atoms with Crippen molar-refractivity contribution in [3.63, 3.8) is 0 Å². The van der Waals surface area contributed by atoms with Crippen LogP contribution >= 0.6 is 0 Å². The van der Waals surface area contributed by atoms with E-state index in [9.17, 15) is 4.79 Å². The molecule has 2 nitrogen and oxygen atoms in total. The van der Waals surface area contributed by atoms with Gasteiger partial charge >= 0.3 is 0 Å². The van der Waals surface area contributed by atoms with Gasteiger partial charge in [0.2, 0.25) is 5.91 Å². The molecule has 1 aliphatic rings. The van der Waals surface area contributed by atoms with Crippen LogP contribution in [0.2, 0.25) is 0 Å². The number of unbranched alkanes of at least 4 members (excludes halogenated alkanes) is 1. The summed E-state index contributed by atoms with van der Waals surface area (Å²) in [7, 11) is 0. The summed E-state index contributed by atoms with van der Waals surface area (Å²) < 4.78 is 0. The summed E-state index contributed by atoms with van der Waals surface area (Å²) in [6, 6.07) is 0.532. The lowest BCUT2D eigenvalue weighted by Gasteiger charge is -2.00. The molecule has 1 aliphatic carbocycles. The first kappa shape index (κ1) is 7.58. The van der Waals surface area contributed by atoms with E-state index in [0.717, 1.165) is 12.8 Å². The summed E-state index contributed by atoms with van der Waals surface area (Å²) in [5.41, 5.74) is 0. The average molecular weight is 141 g/mol. The standard InChI is InChI=1S/C8H15NO/c1-2-3-4-8(10)9-7-5-6-7/h7H,2-6H2,1H3,(H,9,10). The SMILES string of the molecule is CCCCC(=O)NC1CC1. The number of hydrogen-bond acceptors (Lipinski definition) is 1. The summed E-state index contributed by atoms with van der Waals surface area (Å²) in [5.74, 6) is 0.240. The van der Waals surface area contributed by atoms with Crippen LogP contribution in [0.15, 0.2) is 0 Å². The lowest BCUT2D eigenvalue weighted by atomic mass is 10.2. The summed E-state index contributed by atoms with van der Waals surface area (Å²) in [6.07, 6.45) is 5.24. The van der Waals surface area contributed by atoms with Gasteiger partial charge in [0.15, 0.2) is 0 Å². The van der Waals surface area contributed by atoms with Crippen LogP contribution in [0.4, 0.5) is 0 Å². The molecule has 0 spiro atoms. The van der Waals surface area contributed by atoms with Gasteiger partial charge in [0, 0.05) is 12.5 Å². The third kappa shape index (κ3) is 2.85. The molecule has 0 radical (unpaired) electrons. The van der Waals surface area contributed by atoms with Crippen LogP contribution in [0.5, 0.6) is 0 Å². The van der Waals surface area contributed by atoms with Gasteiger partial charge in [-0.05, 0) is 19.3 Å². The molecule has 0 atom stereocenters. The molecule has 2 heteroatoms. The molecule has 1 N–H and O–H groups in total. The molecule has 0 aliphatic heterocycles. The molecule has 1 saturated carbocycles. The molecular weight excluding hydrogens is 126 g/mol. The van der Waals surface area contributed by atoms with E-state index in [1.165, 1.54) is 12.8 Å². The molecule has 58 valence electrons. The van der Waals surface area contributed by atoms with Gasteiger partial charge in [0.1, 0.15) is 0 Å². The predicted octanol–water partition coefficient (Wildman–Crippen LogP) is 1.46. The van der Waals surface area contributed by atoms with E-state index in [1.807, 2.05) is 0 Å². The Morgan fingerprint density at radius 3 is 2.80 bits per heavy atom. The maximum absolute atomic E-state index is 10.9. The summed E-state index contributed by atoms with van der Waals surface area (Å²) in [6.45, 7) is 2.10. The molecule has 1 amide bonds. The molecule has 0 bridgehead atoms. The number of carbonyl (C=O) groups is 1. The van der Waals surface area contributed by atoms with Gasteiger partial charge in [-0.15, -0.1) is 0 Å². The van der Waals surface area contributed by atoms with Crippen LogP contribution < -0.4 is 5.32 Å². The maximum atomic E-state index is 10.9. The van der Waals surface area contributed by atoms with E-state index in [-0.39, 0.29) is 5.91 Å². The van der Waals surface area contributed by atoms with Crippen molar-refractivity contribution in [2.45, 2.75) is 45.1 Å². The van der Waals surface area contributed by atoms with E-state index in [0.29, 0.717) is 12.5 Å². The highest BCUT2D eigenvalue weighted by Gasteiger charge is 2.22. The summed E-state index contributed by atoms with van der Waals surface area (Å²) in [4.78, 5) is 10.9. The zero-order chi connectivity index (χ0) is 7.40. The van der Waals surface area contributed by atoms with Gasteiger partial charge < -0.3 is 5.32 Å². The van der Waals surface area contributed by atoms with Crippen molar-refractivity contribution >= 4 is 5.91 Å². The molecule has 0 aromatic rings. The highest BCUT2D eigenvalue weighted by Crippen LogP contribution is 2.18. The lowest BCUT2D eigenvalue weighted by molar-refractivity contribution is -0.121.